The Balaban J connectivity index is 1.63. The zero-order valence-corrected chi connectivity index (χ0v) is 14.5. The van der Waals surface area contributed by atoms with E-state index < -0.39 is 5.54 Å². The third-order valence-electron chi connectivity index (χ3n) is 5.69. The number of aromatic nitrogens is 2. The van der Waals surface area contributed by atoms with Crippen LogP contribution in [0.1, 0.15) is 38.8 Å². The lowest BCUT2D eigenvalue weighted by Crippen LogP contribution is -2.46. The van der Waals surface area contributed by atoms with Gasteiger partial charge in [0.05, 0.1) is 17.8 Å². The first-order valence-corrected chi connectivity index (χ1v) is 8.46. The second-order valence-electron chi connectivity index (χ2n) is 7.69. The minimum atomic E-state index is -0.394. The van der Waals surface area contributed by atoms with E-state index in [-0.39, 0.29) is 17.9 Å². The van der Waals surface area contributed by atoms with Gasteiger partial charge in [0, 0.05) is 33.3 Å². The van der Waals surface area contributed by atoms with Gasteiger partial charge in [-0.15, -0.1) is 0 Å². The lowest BCUT2D eigenvalue weighted by Gasteiger charge is -2.39. The quantitative estimate of drug-likeness (QED) is 0.903. The number of aryl methyl sites for hydroxylation is 1. The molecule has 1 atom stereocenters. The summed E-state index contributed by atoms with van der Waals surface area (Å²) in [6.45, 7) is 7.42. The molecule has 23 heavy (non-hydrogen) atoms. The largest absolute Gasteiger partial charge is 0.394 e. The molecule has 2 aliphatic rings. The molecule has 1 aromatic heterocycles. The van der Waals surface area contributed by atoms with Crippen LogP contribution >= 0.6 is 0 Å². The molecule has 0 bridgehead atoms. The summed E-state index contributed by atoms with van der Waals surface area (Å²) in [5.74, 6) is 0.0781. The third-order valence-corrected chi connectivity index (χ3v) is 5.69. The summed E-state index contributed by atoms with van der Waals surface area (Å²) in [5.41, 5.74) is 0.888. The Labute approximate surface area is 138 Å². The Morgan fingerprint density at radius 1 is 1.39 bits per heavy atom. The molecule has 0 saturated carbocycles. The molecular weight excluding hydrogens is 292 g/mol. The van der Waals surface area contributed by atoms with E-state index in [0.29, 0.717) is 0 Å². The number of amides is 1. The van der Waals surface area contributed by atoms with E-state index in [2.05, 4.69) is 16.1 Å². The highest BCUT2D eigenvalue weighted by Gasteiger charge is 2.52. The SMILES string of the molecule is CC(=O)N1CC2(CCN(Cc3ccn(C)n3)CC2)C[C@]1(C)CO. The van der Waals surface area contributed by atoms with Crippen molar-refractivity contribution in [3.05, 3.63) is 18.0 Å². The molecule has 1 amide bonds. The highest BCUT2D eigenvalue weighted by atomic mass is 16.3. The fraction of sp³-hybridized carbons (Fsp3) is 0.765. The van der Waals surface area contributed by atoms with Gasteiger partial charge in [0.15, 0.2) is 0 Å². The number of aliphatic hydroxyl groups excluding tert-OH is 1. The van der Waals surface area contributed by atoms with E-state index in [9.17, 15) is 9.90 Å². The van der Waals surface area contributed by atoms with Crippen molar-refractivity contribution in [3.8, 4) is 0 Å². The molecule has 2 fully saturated rings. The average molecular weight is 320 g/mol. The van der Waals surface area contributed by atoms with Crippen LogP contribution in [0.2, 0.25) is 0 Å². The van der Waals surface area contributed by atoms with E-state index >= 15 is 0 Å². The van der Waals surface area contributed by atoms with Crippen LogP contribution < -0.4 is 0 Å². The zero-order chi connectivity index (χ0) is 16.7. The second-order valence-corrected chi connectivity index (χ2v) is 7.69. The van der Waals surface area contributed by atoms with Crippen LogP contribution in [-0.2, 0) is 18.4 Å². The number of hydrogen-bond donors (Lipinski definition) is 1. The number of aliphatic hydroxyl groups is 1. The molecule has 0 radical (unpaired) electrons. The minimum absolute atomic E-state index is 0.0476. The van der Waals surface area contributed by atoms with Crippen LogP contribution in [0.25, 0.3) is 0 Å². The molecule has 1 aromatic rings. The Bertz CT molecular complexity index is 577. The Morgan fingerprint density at radius 3 is 2.57 bits per heavy atom. The van der Waals surface area contributed by atoms with Crippen LogP contribution in [-0.4, -0.2) is 62.4 Å². The molecular formula is C17H28N4O2. The molecule has 3 heterocycles. The van der Waals surface area contributed by atoms with Gasteiger partial charge in [0.25, 0.3) is 0 Å². The summed E-state index contributed by atoms with van der Waals surface area (Å²) in [4.78, 5) is 16.3. The molecule has 3 rings (SSSR count). The van der Waals surface area contributed by atoms with Crippen molar-refractivity contribution in [2.45, 2.75) is 45.2 Å². The fourth-order valence-electron chi connectivity index (χ4n) is 4.42. The number of hydrogen-bond acceptors (Lipinski definition) is 4. The first-order chi connectivity index (χ1) is 10.9. The highest BCUT2D eigenvalue weighted by molar-refractivity contribution is 5.74. The van der Waals surface area contributed by atoms with Crippen molar-refractivity contribution in [3.63, 3.8) is 0 Å². The summed E-state index contributed by atoms with van der Waals surface area (Å²) in [6, 6.07) is 2.07. The maximum absolute atomic E-state index is 11.9. The highest BCUT2D eigenvalue weighted by Crippen LogP contribution is 2.48. The number of piperidine rings is 1. The topological polar surface area (TPSA) is 61.6 Å². The number of nitrogens with zero attached hydrogens (tertiary/aromatic N) is 4. The maximum atomic E-state index is 11.9. The fourth-order valence-corrected chi connectivity index (χ4v) is 4.42. The normalized spacial score (nSPS) is 27.7. The van der Waals surface area contributed by atoms with Gasteiger partial charge in [-0.1, -0.05) is 0 Å². The zero-order valence-electron chi connectivity index (χ0n) is 14.5. The van der Waals surface area contributed by atoms with Crippen LogP contribution in [0.15, 0.2) is 12.3 Å². The first-order valence-electron chi connectivity index (χ1n) is 8.46. The van der Waals surface area contributed by atoms with Crippen molar-refractivity contribution in [2.75, 3.05) is 26.2 Å². The number of carbonyl (C=O) groups excluding carboxylic acids is 1. The summed E-state index contributed by atoms with van der Waals surface area (Å²) in [7, 11) is 1.94. The standard InChI is InChI=1S/C17H28N4O2/c1-14(23)21-12-17(11-16(21,2)13-22)5-8-20(9-6-17)10-15-4-7-19(3)18-15/h4,7,22H,5-6,8-13H2,1-3H3/t16-/m1/s1. The Kier molecular flexibility index (Phi) is 4.23. The molecule has 6 heteroatoms. The monoisotopic (exact) mass is 320 g/mol. The molecule has 6 nitrogen and oxygen atoms in total. The van der Waals surface area contributed by atoms with E-state index in [1.54, 1.807) is 6.92 Å². The number of rotatable bonds is 3. The van der Waals surface area contributed by atoms with Crippen molar-refractivity contribution in [1.82, 2.24) is 19.6 Å². The van der Waals surface area contributed by atoms with Gasteiger partial charge in [-0.25, -0.2) is 0 Å². The van der Waals surface area contributed by atoms with Crippen molar-refractivity contribution in [1.29, 1.82) is 0 Å². The number of carbonyl (C=O) groups is 1. The lowest BCUT2D eigenvalue weighted by molar-refractivity contribution is -0.134. The molecule has 1 N–H and O–H groups in total. The van der Waals surface area contributed by atoms with Gasteiger partial charge < -0.3 is 10.0 Å². The summed E-state index contributed by atoms with van der Waals surface area (Å²) in [5, 5.41) is 14.2. The smallest absolute Gasteiger partial charge is 0.219 e. The van der Waals surface area contributed by atoms with Crippen molar-refractivity contribution >= 4 is 5.91 Å². The number of likely N-dealkylation sites (tertiary alicyclic amines) is 2. The Hall–Kier alpha value is -1.40. The van der Waals surface area contributed by atoms with Crippen molar-refractivity contribution in [2.24, 2.45) is 12.5 Å². The second kappa shape index (κ2) is 5.91. The molecule has 128 valence electrons. The molecule has 1 spiro atoms. The predicted octanol–water partition coefficient (Wildman–Crippen LogP) is 1.01. The molecule has 0 aromatic carbocycles. The molecule has 2 aliphatic heterocycles. The first kappa shape index (κ1) is 16.5. The molecule has 2 saturated heterocycles. The average Bonchev–Trinajstić information content (AvgIpc) is 3.04. The van der Waals surface area contributed by atoms with Crippen LogP contribution in [0, 0.1) is 5.41 Å². The van der Waals surface area contributed by atoms with Gasteiger partial charge in [-0.3, -0.25) is 14.4 Å². The van der Waals surface area contributed by atoms with Crippen LogP contribution in [0.4, 0.5) is 0 Å². The summed E-state index contributed by atoms with van der Waals surface area (Å²) < 4.78 is 1.84. The third kappa shape index (κ3) is 3.15. The van der Waals surface area contributed by atoms with E-state index in [0.717, 1.165) is 51.1 Å². The van der Waals surface area contributed by atoms with Crippen molar-refractivity contribution < 1.29 is 9.90 Å². The van der Waals surface area contributed by atoms with Gasteiger partial charge >= 0.3 is 0 Å². The van der Waals surface area contributed by atoms with Gasteiger partial charge in [-0.05, 0) is 50.8 Å². The molecule has 0 unspecified atom stereocenters. The van der Waals surface area contributed by atoms with Gasteiger partial charge in [0.1, 0.15) is 0 Å². The van der Waals surface area contributed by atoms with Crippen LogP contribution in [0.5, 0.6) is 0 Å². The molecule has 0 aliphatic carbocycles. The van der Waals surface area contributed by atoms with E-state index in [1.165, 1.54) is 0 Å². The van der Waals surface area contributed by atoms with Gasteiger partial charge in [-0.2, -0.15) is 5.10 Å². The summed E-state index contributed by atoms with van der Waals surface area (Å²) >= 11 is 0. The minimum Gasteiger partial charge on any atom is -0.394 e. The van der Waals surface area contributed by atoms with Crippen LogP contribution in [0.3, 0.4) is 0 Å². The van der Waals surface area contributed by atoms with E-state index in [1.807, 2.05) is 29.7 Å². The van der Waals surface area contributed by atoms with Gasteiger partial charge in [0.2, 0.25) is 5.91 Å². The Morgan fingerprint density at radius 2 is 2.09 bits per heavy atom. The van der Waals surface area contributed by atoms with E-state index in [4.69, 9.17) is 0 Å². The predicted molar refractivity (Wildman–Crippen MR) is 87.6 cm³/mol. The summed E-state index contributed by atoms with van der Waals surface area (Å²) in [6.07, 6.45) is 5.06. The maximum Gasteiger partial charge on any atom is 0.219 e. The lowest BCUT2D eigenvalue weighted by atomic mass is 9.74.